The average Bonchev–Trinajstić information content (AvgIpc) is 3.15. The van der Waals surface area contributed by atoms with E-state index in [1.54, 1.807) is 7.05 Å². The lowest BCUT2D eigenvalue weighted by Crippen LogP contribution is -2.46. The molecule has 188 valence electrons. The Morgan fingerprint density at radius 2 is 1.91 bits per heavy atom. The lowest BCUT2D eigenvalue weighted by atomic mass is 10.0. The Hall–Kier alpha value is -3.01. The Bertz CT molecular complexity index is 1140. The molecule has 0 aliphatic carbocycles. The van der Waals surface area contributed by atoms with E-state index in [9.17, 15) is 5.11 Å². The molecule has 1 fully saturated rings. The van der Waals surface area contributed by atoms with E-state index in [1.807, 2.05) is 45.0 Å². The first kappa shape index (κ1) is 25.1. The van der Waals surface area contributed by atoms with Gasteiger partial charge in [0.1, 0.15) is 30.0 Å². The Morgan fingerprint density at radius 1 is 1.17 bits per heavy atom. The van der Waals surface area contributed by atoms with E-state index in [1.165, 1.54) is 0 Å². The van der Waals surface area contributed by atoms with Crippen LogP contribution in [-0.4, -0.2) is 71.8 Å². The van der Waals surface area contributed by atoms with Crippen LogP contribution in [-0.2, 0) is 4.74 Å². The van der Waals surface area contributed by atoms with Crippen molar-refractivity contribution in [2.75, 3.05) is 38.2 Å². The van der Waals surface area contributed by atoms with E-state index in [0.29, 0.717) is 18.1 Å². The van der Waals surface area contributed by atoms with E-state index >= 15 is 0 Å². The quantitative estimate of drug-likeness (QED) is 0.501. The van der Waals surface area contributed by atoms with E-state index in [-0.39, 0.29) is 18.8 Å². The fourth-order valence-corrected chi connectivity index (χ4v) is 4.57. The summed E-state index contributed by atoms with van der Waals surface area (Å²) in [6.45, 7) is 12.2. The van der Waals surface area contributed by atoms with Gasteiger partial charge in [0.05, 0.1) is 29.2 Å². The predicted octanol–water partition coefficient (Wildman–Crippen LogP) is 3.30. The van der Waals surface area contributed by atoms with E-state index < -0.39 is 6.10 Å². The zero-order chi connectivity index (χ0) is 25.1. The number of hydrogen-bond donors (Lipinski definition) is 2. The topological polar surface area (TPSA) is 106 Å². The SMILES string of the molecule is CNCC(O)COc1cccc(-c2nc(-c3c(C)noc3C)c(C)c(N3C[C@H](C)O[C@@H](C)C3)n2)c1. The molecule has 9 nitrogen and oxygen atoms in total. The third kappa shape index (κ3) is 5.63. The maximum absolute atomic E-state index is 10.0. The third-order valence-corrected chi connectivity index (χ3v) is 6.08. The van der Waals surface area contributed by atoms with E-state index in [4.69, 9.17) is 24.0 Å². The Balaban J connectivity index is 1.77. The molecule has 2 aromatic heterocycles. The highest BCUT2D eigenvalue weighted by atomic mass is 16.5. The number of benzene rings is 1. The van der Waals surface area contributed by atoms with Gasteiger partial charge in [0.15, 0.2) is 5.82 Å². The Labute approximate surface area is 206 Å². The van der Waals surface area contributed by atoms with Gasteiger partial charge in [0, 0.05) is 30.8 Å². The molecule has 0 amide bonds. The largest absolute Gasteiger partial charge is 0.491 e. The smallest absolute Gasteiger partial charge is 0.162 e. The van der Waals surface area contributed by atoms with Crippen LogP contribution in [0.1, 0.15) is 30.9 Å². The summed E-state index contributed by atoms with van der Waals surface area (Å²) in [5.74, 6) is 2.84. The number of rotatable bonds is 8. The minimum atomic E-state index is -0.595. The molecule has 0 radical (unpaired) electrons. The van der Waals surface area contributed by atoms with Crippen LogP contribution in [0.25, 0.3) is 22.6 Å². The van der Waals surface area contributed by atoms with Crippen molar-refractivity contribution in [3.63, 3.8) is 0 Å². The highest BCUT2D eigenvalue weighted by molar-refractivity contribution is 5.75. The number of aliphatic hydroxyl groups is 1. The lowest BCUT2D eigenvalue weighted by Gasteiger charge is -2.37. The average molecular weight is 482 g/mol. The van der Waals surface area contributed by atoms with Gasteiger partial charge < -0.3 is 29.3 Å². The molecule has 1 saturated heterocycles. The second kappa shape index (κ2) is 10.7. The summed E-state index contributed by atoms with van der Waals surface area (Å²) in [6.07, 6.45) is -0.401. The van der Waals surface area contributed by atoms with Gasteiger partial charge in [0.2, 0.25) is 0 Å². The molecule has 2 N–H and O–H groups in total. The second-order valence-electron chi connectivity index (χ2n) is 9.26. The Morgan fingerprint density at radius 3 is 2.57 bits per heavy atom. The summed E-state index contributed by atoms with van der Waals surface area (Å²) in [7, 11) is 1.79. The summed E-state index contributed by atoms with van der Waals surface area (Å²) in [4.78, 5) is 12.3. The minimum absolute atomic E-state index is 0.0971. The van der Waals surface area contributed by atoms with Crippen molar-refractivity contribution in [1.29, 1.82) is 0 Å². The van der Waals surface area contributed by atoms with Crippen molar-refractivity contribution < 1.29 is 19.1 Å². The van der Waals surface area contributed by atoms with E-state index in [2.05, 4.69) is 29.2 Å². The molecule has 1 aliphatic heterocycles. The molecule has 4 rings (SSSR count). The zero-order valence-electron chi connectivity index (χ0n) is 21.3. The molecule has 0 saturated carbocycles. The maximum atomic E-state index is 10.0. The molecule has 0 bridgehead atoms. The van der Waals surface area contributed by atoms with Crippen LogP contribution in [0.2, 0.25) is 0 Å². The monoisotopic (exact) mass is 481 g/mol. The molecular weight excluding hydrogens is 446 g/mol. The summed E-state index contributed by atoms with van der Waals surface area (Å²) >= 11 is 0. The summed E-state index contributed by atoms with van der Waals surface area (Å²) in [5.41, 5.74) is 4.30. The molecule has 3 atom stereocenters. The number of aromatic nitrogens is 3. The lowest BCUT2D eigenvalue weighted by molar-refractivity contribution is -0.00549. The van der Waals surface area contributed by atoms with Crippen molar-refractivity contribution in [2.45, 2.75) is 52.9 Å². The van der Waals surface area contributed by atoms with Gasteiger partial charge in [0.25, 0.3) is 0 Å². The van der Waals surface area contributed by atoms with Crippen LogP contribution in [0.5, 0.6) is 5.75 Å². The van der Waals surface area contributed by atoms with Crippen LogP contribution in [0.3, 0.4) is 0 Å². The zero-order valence-corrected chi connectivity index (χ0v) is 21.3. The molecule has 0 spiro atoms. The molecular formula is C26H35N5O4. The van der Waals surface area contributed by atoms with Gasteiger partial charge in [-0.25, -0.2) is 9.97 Å². The number of ether oxygens (including phenoxy) is 2. The number of nitrogens with zero attached hydrogens (tertiary/aromatic N) is 4. The Kier molecular flexibility index (Phi) is 7.69. The maximum Gasteiger partial charge on any atom is 0.162 e. The normalized spacial score (nSPS) is 19.1. The van der Waals surface area contributed by atoms with Gasteiger partial charge in [-0.05, 0) is 53.8 Å². The van der Waals surface area contributed by atoms with Gasteiger partial charge in [-0.3, -0.25) is 0 Å². The fraction of sp³-hybridized carbons (Fsp3) is 0.500. The minimum Gasteiger partial charge on any atom is -0.491 e. The summed E-state index contributed by atoms with van der Waals surface area (Å²) in [6, 6.07) is 7.65. The van der Waals surface area contributed by atoms with Crippen LogP contribution in [0, 0.1) is 20.8 Å². The first-order valence-electron chi connectivity index (χ1n) is 12.0. The number of nitrogens with one attached hydrogen (secondary N) is 1. The fourth-order valence-electron chi connectivity index (χ4n) is 4.57. The molecule has 3 aromatic rings. The molecule has 35 heavy (non-hydrogen) atoms. The van der Waals surface area contributed by atoms with Crippen molar-refractivity contribution in [1.82, 2.24) is 20.4 Å². The highest BCUT2D eigenvalue weighted by Gasteiger charge is 2.28. The number of anilines is 1. The van der Waals surface area contributed by atoms with Crippen molar-refractivity contribution in [3.05, 3.63) is 41.3 Å². The highest BCUT2D eigenvalue weighted by Crippen LogP contribution is 2.35. The van der Waals surface area contributed by atoms with Gasteiger partial charge >= 0.3 is 0 Å². The van der Waals surface area contributed by atoms with Crippen LogP contribution >= 0.6 is 0 Å². The number of likely N-dealkylation sites (N-methyl/N-ethyl adjacent to an activating group) is 1. The first-order valence-corrected chi connectivity index (χ1v) is 12.0. The summed E-state index contributed by atoms with van der Waals surface area (Å²) in [5, 5.41) is 17.1. The standard InChI is InChI=1S/C26H35N5O4/c1-15-12-31(13-16(2)34-15)26-17(3)24(23-18(4)30-35-19(23)5)28-25(29-26)20-8-7-9-22(10-20)33-14-21(32)11-27-6/h7-10,15-16,21,27,32H,11-14H2,1-6H3/t15-,16-,21?/m0/s1. The van der Waals surface area contributed by atoms with Crippen LogP contribution < -0.4 is 15.0 Å². The summed E-state index contributed by atoms with van der Waals surface area (Å²) < 4.78 is 17.3. The second-order valence-corrected chi connectivity index (χ2v) is 9.26. The first-order chi connectivity index (χ1) is 16.8. The molecule has 3 heterocycles. The molecule has 1 unspecified atom stereocenters. The number of aliphatic hydroxyl groups excluding tert-OH is 1. The number of hydrogen-bond acceptors (Lipinski definition) is 9. The number of aryl methyl sites for hydroxylation is 2. The van der Waals surface area contributed by atoms with Crippen LogP contribution in [0.4, 0.5) is 5.82 Å². The van der Waals surface area contributed by atoms with Gasteiger partial charge in [-0.15, -0.1) is 0 Å². The van der Waals surface area contributed by atoms with Crippen molar-refractivity contribution >= 4 is 5.82 Å². The molecule has 1 aliphatic rings. The predicted molar refractivity (Wildman–Crippen MR) is 135 cm³/mol. The van der Waals surface area contributed by atoms with E-state index in [0.717, 1.165) is 52.7 Å². The van der Waals surface area contributed by atoms with Crippen molar-refractivity contribution in [3.8, 4) is 28.4 Å². The molecule has 9 heteroatoms. The van der Waals surface area contributed by atoms with Crippen LogP contribution in [0.15, 0.2) is 28.8 Å². The van der Waals surface area contributed by atoms with Gasteiger partial charge in [-0.1, -0.05) is 17.3 Å². The third-order valence-electron chi connectivity index (χ3n) is 6.08. The number of morpholine rings is 1. The van der Waals surface area contributed by atoms with Crippen molar-refractivity contribution in [2.24, 2.45) is 0 Å². The molecule has 1 aromatic carbocycles. The van der Waals surface area contributed by atoms with Gasteiger partial charge in [-0.2, -0.15) is 0 Å².